The first kappa shape index (κ1) is 9.16. The highest BCUT2D eigenvalue weighted by Gasteiger charge is 2.36. The molecule has 1 saturated heterocycles. The molecule has 5 nitrogen and oxygen atoms in total. The molecule has 1 aliphatic heterocycles. The van der Waals surface area contributed by atoms with Crippen molar-refractivity contribution in [3.63, 3.8) is 0 Å². The lowest BCUT2D eigenvalue weighted by molar-refractivity contribution is 0.182. The smallest absolute Gasteiger partial charge is 0.328 e. The summed E-state index contributed by atoms with van der Waals surface area (Å²) in [4.78, 5) is 0. The minimum atomic E-state index is -3.22. The van der Waals surface area contributed by atoms with Gasteiger partial charge in [-0.25, -0.2) is 4.57 Å². The van der Waals surface area contributed by atoms with Crippen molar-refractivity contribution in [3.8, 4) is 0 Å². The van der Waals surface area contributed by atoms with Crippen LogP contribution in [-0.4, -0.2) is 25.9 Å². The average Bonchev–Trinajstić information content (AvgIpc) is 2.28. The van der Waals surface area contributed by atoms with E-state index in [-0.39, 0.29) is 12.7 Å². The first-order chi connectivity index (χ1) is 5.16. The average molecular weight is 181 g/mol. The molecule has 0 bridgehead atoms. The molecule has 0 saturated carbocycles. The molecule has 0 spiro atoms. The molecule has 11 heavy (non-hydrogen) atoms. The van der Waals surface area contributed by atoms with Crippen molar-refractivity contribution in [2.45, 2.75) is 13.0 Å². The zero-order chi connectivity index (χ0) is 8.32. The molecule has 2 atom stereocenters. The van der Waals surface area contributed by atoms with E-state index in [1.165, 1.54) is 0 Å². The highest BCUT2D eigenvalue weighted by atomic mass is 31.2. The van der Waals surface area contributed by atoms with Gasteiger partial charge in [0.2, 0.25) is 0 Å². The van der Waals surface area contributed by atoms with Gasteiger partial charge in [-0.2, -0.15) is 0 Å². The minimum Gasteiger partial charge on any atom is -0.328 e. The number of hydrogen-bond acceptors (Lipinski definition) is 5. The van der Waals surface area contributed by atoms with Crippen molar-refractivity contribution in [1.29, 1.82) is 0 Å². The quantitative estimate of drug-likeness (QED) is 0.642. The van der Waals surface area contributed by atoms with Crippen LogP contribution in [0.2, 0.25) is 0 Å². The Bertz CT molecular complexity index is 174. The van der Waals surface area contributed by atoms with Gasteiger partial charge in [0, 0.05) is 6.54 Å². The second-order valence-corrected chi connectivity index (χ2v) is 3.90. The standard InChI is InChI=1S/C5H12NO4P/c1-5-4-9-11(7,10-5)8-3-2-6/h5H,2-4,6H2,1H3. The van der Waals surface area contributed by atoms with Crippen LogP contribution in [0.5, 0.6) is 0 Å². The molecule has 1 heterocycles. The number of hydrogen-bond donors (Lipinski definition) is 1. The molecule has 0 aliphatic carbocycles. The van der Waals surface area contributed by atoms with Gasteiger partial charge in [-0.15, -0.1) is 0 Å². The fourth-order valence-electron chi connectivity index (χ4n) is 0.710. The summed E-state index contributed by atoms with van der Waals surface area (Å²) >= 11 is 0. The van der Waals surface area contributed by atoms with E-state index in [2.05, 4.69) is 0 Å². The molecule has 1 rings (SSSR count). The summed E-state index contributed by atoms with van der Waals surface area (Å²) < 4.78 is 25.8. The fourth-order valence-corrected chi connectivity index (χ4v) is 2.13. The van der Waals surface area contributed by atoms with Crippen LogP contribution >= 0.6 is 7.82 Å². The van der Waals surface area contributed by atoms with E-state index in [9.17, 15) is 4.57 Å². The van der Waals surface area contributed by atoms with Crippen molar-refractivity contribution >= 4 is 7.82 Å². The highest BCUT2D eigenvalue weighted by Crippen LogP contribution is 2.54. The van der Waals surface area contributed by atoms with Gasteiger partial charge in [0.15, 0.2) is 0 Å². The Morgan fingerprint density at radius 3 is 3.00 bits per heavy atom. The Hall–Kier alpha value is 0.0700. The van der Waals surface area contributed by atoms with Crippen LogP contribution < -0.4 is 5.73 Å². The van der Waals surface area contributed by atoms with E-state index in [4.69, 9.17) is 19.3 Å². The zero-order valence-corrected chi connectivity index (χ0v) is 7.25. The van der Waals surface area contributed by atoms with Gasteiger partial charge in [-0.05, 0) is 6.92 Å². The van der Waals surface area contributed by atoms with Crippen LogP contribution in [0.1, 0.15) is 6.92 Å². The van der Waals surface area contributed by atoms with E-state index >= 15 is 0 Å². The third kappa shape index (κ3) is 2.54. The minimum absolute atomic E-state index is 0.154. The van der Waals surface area contributed by atoms with Gasteiger partial charge in [0.1, 0.15) is 0 Å². The van der Waals surface area contributed by atoms with E-state index in [0.717, 1.165) is 0 Å². The third-order valence-electron chi connectivity index (χ3n) is 1.14. The monoisotopic (exact) mass is 181 g/mol. The molecule has 0 aromatic heterocycles. The molecule has 2 N–H and O–H groups in total. The van der Waals surface area contributed by atoms with Gasteiger partial charge in [0.25, 0.3) is 0 Å². The highest BCUT2D eigenvalue weighted by molar-refractivity contribution is 7.48. The predicted molar refractivity (Wildman–Crippen MR) is 39.1 cm³/mol. The largest absolute Gasteiger partial charge is 0.475 e. The molecule has 0 radical (unpaired) electrons. The van der Waals surface area contributed by atoms with Gasteiger partial charge < -0.3 is 5.73 Å². The van der Waals surface area contributed by atoms with Crippen molar-refractivity contribution in [3.05, 3.63) is 0 Å². The Morgan fingerprint density at radius 1 is 1.82 bits per heavy atom. The van der Waals surface area contributed by atoms with Gasteiger partial charge in [0.05, 0.1) is 19.3 Å². The Morgan fingerprint density at radius 2 is 2.55 bits per heavy atom. The number of rotatable bonds is 3. The topological polar surface area (TPSA) is 70.8 Å². The first-order valence-corrected chi connectivity index (χ1v) is 4.90. The number of nitrogens with two attached hydrogens (primary N) is 1. The van der Waals surface area contributed by atoms with Crippen LogP contribution in [0.25, 0.3) is 0 Å². The third-order valence-corrected chi connectivity index (χ3v) is 2.73. The molecule has 6 heteroatoms. The summed E-state index contributed by atoms with van der Waals surface area (Å²) in [6, 6.07) is 0. The van der Waals surface area contributed by atoms with Gasteiger partial charge in [-0.3, -0.25) is 13.6 Å². The molecule has 66 valence electrons. The molecular formula is C5H12NO4P. The van der Waals surface area contributed by atoms with Gasteiger partial charge >= 0.3 is 7.82 Å². The fraction of sp³-hybridized carbons (Fsp3) is 1.00. The summed E-state index contributed by atoms with van der Waals surface area (Å²) in [5.41, 5.74) is 5.14. The molecule has 0 aromatic rings. The Balaban J connectivity index is 2.36. The van der Waals surface area contributed by atoms with Crippen LogP contribution in [-0.2, 0) is 18.1 Å². The lowest BCUT2D eigenvalue weighted by Gasteiger charge is -2.08. The maximum absolute atomic E-state index is 11.3. The SMILES string of the molecule is CC1COP(=O)(OCCN)O1. The predicted octanol–water partition coefficient (Wildman–Crippen LogP) is 0.505. The molecule has 0 amide bonds. The molecule has 2 unspecified atom stereocenters. The molecule has 1 aliphatic rings. The van der Waals surface area contributed by atoms with Crippen molar-refractivity contribution < 1.29 is 18.1 Å². The lowest BCUT2D eigenvalue weighted by Crippen LogP contribution is -2.07. The van der Waals surface area contributed by atoms with E-state index in [1.807, 2.05) is 0 Å². The Labute approximate surface area is 65.4 Å². The summed E-state index contributed by atoms with van der Waals surface area (Å²) in [7, 11) is -3.22. The second kappa shape index (κ2) is 3.65. The summed E-state index contributed by atoms with van der Waals surface area (Å²) in [5, 5.41) is 0. The van der Waals surface area contributed by atoms with Crippen LogP contribution in [0.3, 0.4) is 0 Å². The molecule has 0 aromatic carbocycles. The van der Waals surface area contributed by atoms with Crippen LogP contribution in [0.4, 0.5) is 0 Å². The second-order valence-electron chi connectivity index (χ2n) is 2.28. The normalized spacial score (nSPS) is 37.8. The Kier molecular flexibility index (Phi) is 3.04. The van der Waals surface area contributed by atoms with Crippen LogP contribution in [0, 0.1) is 0 Å². The van der Waals surface area contributed by atoms with Crippen molar-refractivity contribution in [1.82, 2.24) is 0 Å². The first-order valence-electron chi connectivity index (χ1n) is 3.44. The summed E-state index contributed by atoms with van der Waals surface area (Å²) in [5.74, 6) is 0. The lowest BCUT2D eigenvalue weighted by atomic mass is 10.5. The van der Waals surface area contributed by atoms with E-state index < -0.39 is 7.82 Å². The van der Waals surface area contributed by atoms with E-state index in [0.29, 0.717) is 13.2 Å². The molecular weight excluding hydrogens is 169 g/mol. The van der Waals surface area contributed by atoms with Crippen molar-refractivity contribution in [2.75, 3.05) is 19.8 Å². The maximum atomic E-state index is 11.3. The number of phosphoric ester groups is 1. The summed E-state index contributed by atoms with van der Waals surface area (Å²) in [6.45, 7) is 2.60. The number of phosphoric acid groups is 1. The maximum Gasteiger partial charge on any atom is 0.475 e. The summed E-state index contributed by atoms with van der Waals surface area (Å²) in [6.07, 6.45) is -0.154. The van der Waals surface area contributed by atoms with Crippen molar-refractivity contribution in [2.24, 2.45) is 5.73 Å². The molecule has 1 fully saturated rings. The van der Waals surface area contributed by atoms with Gasteiger partial charge in [-0.1, -0.05) is 0 Å². The zero-order valence-electron chi connectivity index (χ0n) is 6.36. The van der Waals surface area contributed by atoms with E-state index in [1.54, 1.807) is 6.92 Å². The van der Waals surface area contributed by atoms with Crippen LogP contribution in [0.15, 0.2) is 0 Å².